The van der Waals surface area contributed by atoms with Crippen LogP contribution in [0.1, 0.15) is 0 Å². The second-order valence-corrected chi connectivity index (χ2v) is 12.8. The molecule has 0 saturated carbocycles. The van der Waals surface area contributed by atoms with Gasteiger partial charge < -0.3 is 0 Å². The Labute approximate surface area is 289 Å². The molecule has 0 aliphatic rings. The van der Waals surface area contributed by atoms with E-state index in [0.29, 0.717) is 0 Å². The molecule has 0 atom stereocenters. The van der Waals surface area contributed by atoms with Crippen LogP contribution in [0.2, 0.25) is 0 Å². The number of fused-ring (bicyclic) bond motifs is 8. The third-order valence-electron chi connectivity index (χ3n) is 9.83. The fourth-order valence-corrected chi connectivity index (χ4v) is 7.38. The Morgan fingerprint density at radius 1 is 0.340 bits per heavy atom. The van der Waals surface area contributed by atoms with Crippen molar-refractivity contribution in [2.75, 3.05) is 0 Å². The normalized spacial score (nSPS) is 11.6. The van der Waals surface area contributed by atoms with Crippen LogP contribution >= 0.6 is 0 Å². The van der Waals surface area contributed by atoms with Crippen LogP contribution in [0.5, 0.6) is 0 Å². The molecule has 0 saturated heterocycles. The predicted molar refractivity (Wildman–Crippen MR) is 209 cm³/mol. The average molecular weight is 636 g/mol. The number of hydrogen-bond acceptors (Lipinski definition) is 3. The molecule has 0 unspecified atom stereocenters. The molecule has 50 heavy (non-hydrogen) atoms. The van der Waals surface area contributed by atoms with Gasteiger partial charge in [0.25, 0.3) is 0 Å². The van der Waals surface area contributed by atoms with Crippen molar-refractivity contribution in [2.45, 2.75) is 0 Å². The largest absolute Gasteiger partial charge is 0.252 e. The van der Waals surface area contributed by atoms with Gasteiger partial charge in [0, 0.05) is 32.7 Å². The zero-order valence-corrected chi connectivity index (χ0v) is 27.1. The number of aromatic nitrogens is 3. The van der Waals surface area contributed by atoms with Crippen LogP contribution in [0.25, 0.3) is 99.0 Å². The molecule has 3 heterocycles. The Balaban J connectivity index is 1.20. The van der Waals surface area contributed by atoms with E-state index in [-0.39, 0.29) is 0 Å². The van der Waals surface area contributed by atoms with Crippen molar-refractivity contribution in [1.29, 1.82) is 0 Å². The molecule has 0 bridgehead atoms. The van der Waals surface area contributed by atoms with Crippen LogP contribution in [0.3, 0.4) is 0 Å². The first kappa shape index (κ1) is 28.3. The Bertz CT molecular complexity index is 2860. The van der Waals surface area contributed by atoms with Gasteiger partial charge in [-0.15, -0.1) is 0 Å². The maximum absolute atomic E-state index is 5.38. The summed E-state index contributed by atoms with van der Waals surface area (Å²) in [6.45, 7) is 0. The zero-order chi connectivity index (χ0) is 33.0. The molecule has 0 aliphatic carbocycles. The monoisotopic (exact) mass is 635 g/mol. The summed E-state index contributed by atoms with van der Waals surface area (Å²) in [6.07, 6.45) is 1.93. The highest BCUT2D eigenvalue weighted by Gasteiger charge is 2.17. The number of benzene rings is 7. The highest BCUT2D eigenvalue weighted by molar-refractivity contribution is 6.23. The minimum Gasteiger partial charge on any atom is -0.252 e. The molecule has 0 aliphatic heterocycles. The van der Waals surface area contributed by atoms with Crippen molar-refractivity contribution in [3.05, 3.63) is 176 Å². The summed E-state index contributed by atoms with van der Waals surface area (Å²) in [5.41, 5.74) is 11.3. The van der Waals surface area contributed by atoms with E-state index >= 15 is 0 Å². The third kappa shape index (κ3) is 4.71. The van der Waals surface area contributed by atoms with E-state index in [1.54, 1.807) is 0 Å². The summed E-state index contributed by atoms with van der Waals surface area (Å²) in [5.74, 6) is 0. The Morgan fingerprint density at radius 2 is 0.960 bits per heavy atom. The van der Waals surface area contributed by atoms with Gasteiger partial charge in [0.05, 0.1) is 34.1 Å². The molecule has 0 amide bonds. The third-order valence-corrected chi connectivity index (χ3v) is 9.83. The minimum atomic E-state index is 0.864. The SMILES string of the molecule is c1ccc(-c2cc(-c3ccccc3)cc(-c3nc4cnc5c(ccc6ccc(-c7ccc8ccccc8c7)nc65)c4c4ccccc34)c2)cc1. The van der Waals surface area contributed by atoms with Crippen molar-refractivity contribution < 1.29 is 0 Å². The van der Waals surface area contributed by atoms with Crippen LogP contribution in [0.15, 0.2) is 176 Å². The van der Waals surface area contributed by atoms with Gasteiger partial charge in [-0.3, -0.25) is 4.98 Å². The van der Waals surface area contributed by atoms with Gasteiger partial charge in [-0.25, -0.2) is 9.97 Å². The van der Waals surface area contributed by atoms with Gasteiger partial charge in [0.15, 0.2) is 0 Å². The molecule has 10 rings (SSSR count). The molecule has 7 aromatic carbocycles. The Morgan fingerprint density at radius 3 is 1.72 bits per heavy atom. The Kier molecular flexibility index (Phi) is 6.49. The van der Waals surface area contributed by atoms with Gasteiger partial charge in [0.1, 0.15) is 0 Å². The topological polar surface area (TPSA) is 38.7 Å². The molecule has 3 nitrogen and oxygen atoms in total. The van der Waals surface area contributed by atoms with Gasteiger partial charge in [0.2, 0.25) is 0 Å². The molecule has 0 radical (unpaired) electrons. The Hall–Kier alpha value is -6.71. The van der Waals surface area contributed by atoms with Crippen LogP contribution in [0, 0.1) is 0 Å². The van der Waals surface area contributed by atoms with Crippen LogP contribution < -0.4 is 0 Å². The first-order chi connectivity index (χ1) is 24.8. The lowest BCUT2D eigenvalue weighted by molar-refractivity contribution is 1.36. The fourth-order valence-electron chi connectivity index (χ4n) is 7.38. The van der Waals surface area contributed by atoms with Crippen molar-refractivity contribution in [3.8, 4) is 44.8 Å². The highest BCUT2D eigenvalue weighted by atomic mass is 14.8. The molecule has 3 aromatic heterocycles. The highest BCUT2D eigenvalue weighted by Crippen LogP contribution is 2.40. The minimum absolute atomic E-state index is 0.864. The molecule has 10 aromatic rings. The maximum atomic E-state index is 5.38. The molecule has 0 spiro atoms. The van der Waals surface area contributed by atoms with E-state index in [2.05, 4.69) is 170 Å². The van der Waals surface area contributed by atoms with Crippen molar-refractivity contribution in [1.82, 2.24) is 15.0 Å². The average Bonchev–Trinajstić information content (AvgIpc) is 3.20. The second-order valence-electron chi connectivity index (χ2n) is 12.8. The number of hydrogen-bond donors (Lipinski definition) is 0. The smallest absolute Gasteiger partial charge is 0.0972 e. The van der Waals surface area contributed by atoms with Gasteiger partial charge in [-0.1, -0.05) is 140 Å². The second kappa shape index (κ2) is 11.5. The number of rotatable bonds is 4. The van der Waals surface area contributed by atoms with E-state index in [1.807, 2.05) is 6.20 Å². The lowest BCUT2D eigenvalue weighted by Crippen LogP contribution is -1.95. The molecular weight excluding hydrogens is 607 g/mol. The molecule has 0 N–H and O–H groups in total. The quantitative estimate of drug-likeness (QED) is 0.181. The lowest BCUT2D eigenvalue weighted by atomic mass is 9.92. The van der Waals surface area contributed by atoms with Gasteiger partial charge >= 0.3 is 0 Å². The van der Waals surface area contributed by atoms with Crippen LogP contribution in [-0.4, -0.2) is 15.0 Å². The summed E-state index contributed by atoms with van der Waals surface area (Å²) in [7, 11) is 0. The number of pyridine rings is 3. The molecule has 0 fully saturated rings. The van der Waals surface area contributed by atoms with E-state index in [1.165, 1.54) is 21.9 Å². The van der Waals surface area contributed by atoms with E-state index < -0.39 is 0 Å². The summed E-state index contributed by atoms with van der Waals surface area (Å²) >= 11 is 0. The van der Waals surface area contributed by atoms with E-state index in [0.717, 1.165) is 77.1 Å². The summed E-state index contributed by atoms with van der Waals surface area (Å²) in [6, 6.07) is 60.2. The summed E-state index contributed by atoms with van der Waals surface area (Å²) in [4.78, 5) is 15.7. The van der Waals surface area contributed by atoms with Crippen molar-refractivity contribution in [3.63, 3.8) is 0 Å². The standard InChI is InChI=1S/C47H29N3/c1-3-11-30(12-4-1)36-26-37(31-13-5-2-6-14-31)28-38(27-36)45-40-18-10-9-17-39(40)44-41-23-21-33-22-24-42(49-46(33)47(41)48-29-43(44)50-45)35-20-19-32-15-7-8-16-34(32)25-35/h1-29H. The summed E-state index contributed by atoms with van der Waals surface area (Å²) in [5, 5.41) is 7.89. The molecule has 232 valence electrons. The molecule has 3 heteroatoms. The first-order valence-corrected chi connectivity index (χ1v) is 16.9. The van der Waals surface area contributed by atoms with Crippen molar-refractivity contribution in [2.24, 2.45) is 0 Å². The van der Waals surface area contributed by atoms with Gasteiger partial charge in [-0.05, 0) is 68.7 Å². The van der Waals surface area contributed by atoms with Gasteiger partial charge in [-0.2, -0.15) is 0 Å². The maximum Gasteiger partial charge on any atom is 0.0972 e. The predicted octanol–water partition coefficient (Wildman–Crippen LogP) is 12.3. The summed E-state index contributed by atoms with van der Waals surface area (Å²) < 4.78 is 0. The lowest BCUT2D eigenvalue weighted by Gasteiger charge is -2.15. The number of nitrogens with zero attached hydrogens (tertiary/aromatic N) is 3. The van der Waals surface area contributed by atoms with Crippen LogP contribution in [0.4, 0.5) is 0 Å². The van der Waals surface area contributed by atoms with E-state index in [4.69, 9.17) is 15.0 Å². The first-order valence-electron chi connectivity index (χ1n) is 16.9. The van der Waals surface area contributed by atoms with Crippen LogP contribution in [-0.2, 0) is 0 Å². The zero-order valence-electron chi connectivity index (χ0n) is 27.1. The van der Waals surface area contributed by atoms with Crippen molar-refractivity contribution >= 4 is 54.3 Å². The fraction of sp³-hybridized carbons (Fsp3) is 0. The molecular formula is C47H29N3. The van der Waals surface area contributed by atoms with E-state index in [9.17, 15) is 0 Å².